The number of nitrogens with zero attached hydrogens (tertiary/aromatic N) is 2. The molecule has 1 heterocycles. The van der Waals surface area contributed by atoms with Crippen LogP contribution in [0, 0.1) is 10.1 Å². The van der Waals surface area contributed by atoms with Crippen LogP contribution in [0.1, 0.15) is 15.9 Å². The van der Waals surface area contributed by atoms with Crippen molar-refractivity contribution in [3.63, 3.8) is 0 Å². The first-order valence-corrected chi connectivity index (χ1v) is 8.63. The topological polar surface area (TPSA) is 98.3 Å². The van der Waals surface area contributed by atoms with Crippen molar-refractivity contribution in [2.45, 2.75) is 6.54 Å². The minimum Gasteiger partial charge on any atom is -0.358 e. The van der Waals surface area contributed by atoms with Gasteiger partial charge in [-0.2, -0.15) is 0 Å². The molecule has 1 N–H and O–H groups in total. The molecule has 1 amide bonds. The van der Waals surface area contributed by atoms with Crippen molar-refractivity contribution >= 4 is 46.5 Å². The van der Waals surface area contributed by atoms with E-state index in [0.29, 0.717) is 21.2 Å². The number of hydrogen-bond donors (Lipinski definition) is 1. The van der Waals surface area contributed by atoms with E-state index in [1.807, 2.05) is 0 Å². The predicted molar refractivity (Wildman–Crippen MR) is 101 cm³/mol. The van der Waals surface area contributed by atoms with Crippen molar-refractivity contribution in [2.75, 3.05) is 0 Å². The quantitative estimate of drug-likeness (QED) is 0.450. The second-order valence-electron chi connectivity index (χ2n) is 5.37. The molecule has 0 atom stereocenters. The van der Waals surface area contributed by atoms with Gasteiger partial charge in [0.1, 0.15) is 0 Å². The van der Waals surface area contributed by atoms with Gasteiger partial charge in [-0.05, 0) is 40.8 Å². The Morgan fingerprint density at radius 3 is 2.52 bits per heavy atom. The molecule has 0 radical (unpaired) electrons. The van der Waals surface area contributed by atoms with E-state index in [9.17, 15) is 14.9 Å². The summed E-state index contributed by atoms with van der Waals surface area (Å²) in [6.07, 6.45) is 0. The van der Waals surface area contributed by atoms with Gasteiger partial charge in [-0.15, -0.1) is 0 Å². The lowest BCUT2D eigenvalue weighted by atomic mass is 10.1. The number of rotatable bonds is 5. The van der Waals surface area contributed by atoms with E-state index >= 15 is 0 Å². The molecule has 3 rings (SSSR count). The Morgan fingerprint density at radius 1 is 1.15 bits per heavy atom. The lowest BCUT2D eigenvalue weighted by Gasteiger charge is -2.07. The molecule has 0 aliphatic heterocycles. The van der Waals surface area contributed by atoms with E-state index in [2.05, 4.69) is 10.5 Å². The molecule has 0 fully saturated rings. The third-order valence-electron chi connectivity index (χ3n) is 3.65. The summed E-state index contributed by atoms with van der Waals surface area (Å²) in [6.45, 7) is 0.0145. The Labute approximate surface area is 168 Å². The van der Waals surface area contributed by atoms with Crippen LogP contribution in [0.3, 0.4) is 0 Å². The van der Waals surface area contributed by atoms with Crippen molar-refractivity contribution in [1.82, 2.24) is 10.5 Å². The van der Waals surface area contributed by atoms with E-state index in [0.717, 1.165) is 0 Å². The Hall–Kier alpha value is -2.61. The minimum absolute atomic E-state index is 0.0145. The predicted octanol–water partition coefficient (Wildman–Crippen LogP) is 5.14. The largest absolute Gasteiger partial charge is 0.427 e. The summed E-state index contributed by atoms with van der Waals surface area (Å²) in [5, 5.41) is 18.3. The van der Waals surface area contributed by atoms with Gasteiger partial charge in [0, 0.05) is 17.1 Å². The molecular weight excluding hydrogens is 417 g/mol. The molecule has 3 aromatic rings. The zero-order valence-electron chi connectivity index (χ0n) is 13.4. The van der Waals surface area contributed by atoms with Crippen LogP contribution in [0.5, 0.6) is 0 Å². The lowest BCUT2D eigenvalue weighted by Crippen LogP contribution is -2.24. The van der Waals surface area contributed by atoms with Gasteiger partial charge < -0.3 is 15.4 Å². The normalized spacial score (nSPS) is 10.6. The fraction of sp³-hybridized carbons (Fsp3) is 0.0588. The molecule has 0 aliphatic carbocycles. The van der Waals surface area contributed by atoms with Gasteiger partial charge in [-0.1, -0.05) is 46.9 Å². The maximum Gasteiger partial charge on any atom is 0.427 e. The van der Waals surface area contributed by atoms with Crippen LogP contribution >= 0.6 is 34.8 Å². The van der Waals surface area contributed by atoms with Crippen LogP contribution in [0.2, 0.25) is 15.1 Å². The third kappa shape index (κ3) is 4.05. The molecule has 0 saturated heterocycles. The molecular formula is C17H10Cl3N3O4. The number of nitrogens with one attached hydrogen (secondary N) is 1. The van der Waals surface area contributed by atoms with Crippen LogP contribution in [-0.2, 0) is 6.54 Å². The fourth-order valence-electron chi connectivity index (χ4n) is 2.36. The molecule has 138 valence electrons. The third-order valence-corrected chi connectivity index (χ3v) is 4.76. The molecule has 2 aromatic carbocycles. The van der Waals surface area contributed by atoms with E-state index in [1.165, 1.54) is 0 Å². The molecule has 27 heavy (non-hydrogen) atoms. The summed E-state index contributed by atoms with van der Waals surface area (Å²) in [4.78, 5) is 23.1. The van der Waals surface area contributed by atoms with Crippen LogP contribution in [0.25, 0.3) is 11.3 Å². The Balaban J connectivity index is 1.93. The van der Waals surface area contributed by atoms with Gasteiger partial charge in [-0.3, -0.25) is 9.32 Å². The van der Waals surface area contributed by atoms with Crippen molar-refractivity contribution in [3.8, 4) is 11.3 Å². The highest BCUT2D eigenvalue weighted by Gasteiger charge is 2.33. The molecule has 0 spiro atoms. The molecule has 1 aromatic heterocycles. The SMILES string of the molecule is O=C(NCc1cccc(Cl)c1Cl)c1c([N+](=O)[O-])noc1-c1ccc(Cl)cc1. The van der Waals surface area contributed by atoms with E-state index in [4.69, 9.17) is 39.3 Å². The average molecular weight is 427 g/mol. The monoisotopic (exact) mass is 425 g/mol. The zero-order valence-corrected chi connectivity index (χ0v) is 15.7. The van der Waals surface area contributed by atoms with Crippen molar-refractivity contribution in [2.24, 2.45) is 0 Å². The summed E-state index contributed by atoms with van der Waals surface area (Å²) in [5.41, 5.74) is 0.691. The van der Waals surface area contributed by atoms with Gasteiger partial charge in [0.15, 0.2) is 10.7 Å². The van der Waals surface area contributed by atoms with E-state index < -0.39 is 16.6 Å². The molecule has 7 nitrogen and oxygen atoms in total. The summed E-state index contributed by atoms with van der Waals surface area (Å²) >= 11 is 17.9. The second kappa shape index (κ2) is 7.96. The number of amides is 1. The molecule has 0 saturated carbocycles. The summed E-state index contributed by atoms with van der Waals surface area (Å²) in [6, 6.07) is 11.2. The average Bonchev–Trinajstić information content (AvgIpc) is 3.09. The summed E-state index contributed by atoms with van der Waals surface area (Å²) in [7, 11) is 0. The van der Waals surface area contributed by atoms with Gasteiger partial charge in [-0.25, -0.2) is 0 Å². The number of carbonyl (C=O) groups is 1. The standard InChI is InChI=1S/C17H10Cl3N3O4/c18-11-6-4-9(5-7-11)15-13(16(22-27-15)23(25)26)17(24)21-8-10-2-1-3-12(19)14(10)20/h1-7H,8H2,(H,21,24). The van der Waals surface area contributed by atoms with Crippen LogP contribution < -0.4 is 5.32 Å². The van der Waals surface area contributed by atoms with Crippen molar-refractivity contribution < 1.29 is 14.2 Å². The number of hydrogen-bond acceptors (Lipinski definition) is 5. The highest BCUT2D eigenvalue weighted by molar-refractivity contribution is 6.42. The Kier molecular flexibility index (Phi) is 5.65. The zero-order chi connectivity index (χ0) is 19.6. The highest BCUT2D eigenvalue weighted by Crippen LogP contribution is 2.31. The smallest absolute Gasteiger partial charge is 0.358 e. The molecule has 0 unspecified atom stereocenters. The number of halogens is 3. The first kappa shape index (κ1) is 19.2. The molecule has 0 aliphatic rings. The van der Waals surface area contributed by atoms with Crippen LogP contribution in [-0.4, -0.2) is 16.0 Å². The van der Waals surface area contributed by atoms with Gasteiger partial charge in [0.05, 0.1) is 10.0 Å². The van der Waals surface area contributed by atoms with Gasteiger partial charge in [0.25, 0.3) is 5.91 Å². The first-order valence-electron chi connectivity index (χ1n) is 7.49. The number of nitro groups is 1. The maximum atomic E-state index is 12.6. The maximum absolute atomic E-state index is 12.6. The van der Waals surface area contributed by atoms with Gasteiger partial charge >= 0.3 is 5.82 Å². The molecule has 0 bridgehead atoms. The van der Waals surface area contributed by atoms with Gasteiger partial charge in [0.2, 0.25) is 5.76 Å². The summed E-state index contributed by atoms with van der Waals surface area (Å²) < 4.78 is 5.06. The Bertz CT molecular complexity index is 1020. The lowest BCUT2D eigenvalue weighted by molar-refractivity contribution is -0.391. The highest BCUT2D eigenvalue weighted by atomic mass is 35.5. The molecule has 10 heteroatoms. The van der Waals surface area contributed by atoms with Crippen molar-refractivity contribution in [3.05, 3.63) is 78.8 Å². The first-order chi connectivity index (χ1) is 12.9. The van der Waals surface area contributed by atoms with E-state index in [1.54, 1.807) is 42.5 Å². The van der Waals surface area contributed by atoms with Crippen molar-refractivity contribution in [1.29, 1.82) is 0 Å². The fourth-order valence-corrected chi connectivity index (χ4v) is 2.87. The summed E-state index contributed by atoms with van der Waals surface area (Å²) in [5.74, 6) is -1.45. The number of carbonyl (C=O) groups excluding carboxylic acids is 1. The Morgan fingerprint density at radius 2 is 1.85 bits per heavy atom. The van der Waals surface area contributed by atoms with Crippen LogP contribution in [0.4, 0.5) is 5.82 Å². The number of benzene rings is 2. The van der Waals surface area contributed by atoms with E-state index in [-0.39, 0.29) is 22.9 Å². The van der Waals surface area contributed by atoms with Crippen LogP contribution in [0.15, 0.2) is 47.0 Å². The minimum atomic E-state index is -0.788. The number of aromatic nitrogens is 1. The second-order valence-corrected chi connectivity index (χ2v) is 6.59.